The quantitative estimate of drug-likeness (QED) is 0.652. The van der Waals surface area contributed by atoms with E-state index < -0.39 is 0 Å². The van der Waals surface area contributed by atoms with Crippen LogP contribution in [-0.4, -0.2) is 5.91 Å². The molecular formula is C20H16BrNO2. The van der Waals surface area contributed by atoms with Gasteiger partial charge in [-0.05, 0) is 42.0 Å². The number of ether oxygens (including phenoxy) is 1. The molecule has 0 spiro atoms. The monoisotopic (exact) mass is 381 g/mol. The highest BCUT2D eigenvalue weighted by Crippen LogP contribution is 2.21. The zero-order valence-electron chi connectivity index (χ0n) is 12.9. The smallest absolute Gasteiger partial charge is 0.259 e. The number of rotatable bonds is 5. The van der Waals surface area contributed by atoms with Crippen LogP contribution < -0.4 is 10.1 Å². The molecule has 0 radical (unpaired) electrons. The molecule has 0 heterocycles. The van der Waals surface area contributed by atoms with Gasteiger partial charge in [-0.25, -0.2) is 0 Å². The van der Waals surface area contributed by atoms with Crippen molar-refractivity contribution < 1.29 is 9.53 Å². The maximum Gasteiger partial charge on any atom is 0.259 e. The molecule has 0 aliphatic rings. The highest BCUT2D eigenvalue weighted by Gasteiger charge is 2.12. The molecule has 24 heavy (non-hydrogen) atoms. The lowest BCUT2D eigenvalue weighted by atomic mass is 10.1. The Bertz CT molecular complexity index is 817. The van der Waals surface area contributed by atoms with E-state index in [1.54, 1.807) is 12.1 Å². The summed E-state index contributed by atoms with van der Waals surface area (Å²) in [7, 11) is 0. The second kappa shape index (κ2) is 7.79. The van der Waals surface area contributed by atoms with Gasteiger partial charge in [0.1, 0.15) is 12.4 Å². The van der Waals surface area contributed by atoms with E-state index in [0.717, 1.165) is 15.7 Å². The lowest BCUT2D eigenvalue weighted by Gasteiger charge is -2.12. The number of amides is 1. The Hall–Kier alpha value is -2.59. The van der Waals surface area contributed by atoms with Crippen LogP contribution in [0.1, 0.15) is 15.9 Å². The molecule has 0 atom stereocenters. The van der Waals surface area contributed by atoms with Crippen LogP contribution in [-0.2, 0) is 6.61 Å². The van der Waals surface area contributed by atoms with Gasteiger partial charge in [0.05, 0.1) is 5.56 Å². The topological polar surface area (TPSA) is 38.3 Å². The van der Waals surface area contributed by atoms with Crippen molar-refractivity contribution in [3.8, 4) is 5.75 Å². The predicted octanol–water partition coefficient (Wildman–Crippen LogP) is 5.28. The second-order valence-corrected chi connectivity index (χ2v) is 6.15. The number of para-hydroxylation sites is 1. The van der Waals surface area contributed by atoms with E-state index in [9.17, 15) is 4.79 Å². The number of carbonyl (C=O) groups is 1. The maximum atomic E-state index is 12.5. The molecule has 4 heteroatoms. The number of nitrogens with one attached hydrogen (secondary N) is 1. The molecule has 120 valence electrons. The van der Waals surface area contributed by atoms with Gasteiger partial charge in [-0.3, -0.25) is 4.79 Å². The van der Waals surface area contributed by atoms with Crippen LogP contribution in [0.2, 0.25) is 0 Å². The molecule has 0 fully saturated rings. The van der Waals surface area contributed by atoms with Crippen molar-refractivity contribution in [2.45, 2.75) is 6.61 Å². The van der Waals surface area contributed by atoms with Crippen molar-refractivity contribution in [3.05, 3.63) is 94.5 Å². The first kappa shape index (κ1) is 16.3. The molecule has 3 rings (SSSR count). The number of carbonyl (C=O) groups excluding carboxylic acids is 1. The highest BCUT2D eigenvalue weighted by molar-refractivity contribution is 9.10. The van der Waals surface area contributed by atoms with Gasteiger partial charge in [0, 0.05) is 10.2 Å². The lowest BCUT2D eigenvalue weighted by molar-refractivity contribution is 0.102. The van der Waals surface area contributed by atoms with Gasteiger partial charge in [-0.15, -0.1) is 0 Å². The standard InChI is InChI=1S/C20H16BrNO2/c21-16-10-12-17(13-11-16)22-20(23)18-8-4-5-9-19(18)24-14-15-6-2-1-3-7-15/h1-13H,14H2,(H,22,23). The molecule has 3 nitrogen and oxygen atoms in total. The van der Waals surface area contributed by atoms with E-state index in [1.165, 1.54) is 0 Å². The van der Waals surface area contributed by atoms with E-state index in [4.69, 9.17) is 4.74 Å². The van der Waals surface area contributed by atoms with Gasteiger partial charge in [-0.1, -0.05) is 58.4 Å². The average Bonchev–Trinajstić information content (AvgIpc) is 2.63. The molecule has 3 aromatic carbocycles. The highest BCUT2D eigenvalue weighted by atomic mass is 79.9. The minimum atomic E-state index is -0.194. The number of halogens is 1. The van der Waals surface area contributed by atoms with Crippen molar-refractivity contribution in [2.75, 3.05) is 5.32 Å². The first-order chi connectivity index (χ1) is 11.7. The minimum absolute atomic E-state index is 0.194. The van der Waals surface area contributed by atoms with Crippen LogP contribution in [0.15, 0.2) is 83.3 Å². The third-order valence-corrected chi connectivity index (χ3v) is 4.00. The van der Waals surface area contributed by atoms with Crippen molar-refractivity contribution in [2.24, 2.45) is 0 Å². The van der Waals surface area contributed by atoms with Crippen LogP contribution >= 0.6 is 15.9 Å². The fourth-order valence-electron chi connectivity index (χ4n) is 2.25. The minimum Gasteiger partial charge on any atom is -0.488 e. The SMILES string of the molecule is O=C(Nc1ccc(Br)cc1)c1ccccc1OCc1ccccc1. The summed E-state index contributed by atoms with van der Waals surface area (Å²) in [5, 5.41) is 2.88. The van der Waals surface area contributed by atoms with Crippen LogP contribution in [0.25, 0.3) is 0 Å². The van der Waals surface area contributed by atoms with Gasteiger partial charge >= 0.3 is 0 Å². The molecule has 0 saturated carbocycles. The van der Waals surface area contributed by atoms with Crippen molar-refractivity contribution in [1.29, 1.82) is 0 Å². The molecule has 0 aliphatic carbocycles. The third kappa shape index (κ3) is 4.24. The molecule has 0 aliphatic heterocycles. The molecule has 0 bridgehead atoms. The Labute approximate surface area is 149 Å². The van der Waals surface area contributed by atoms with E-state index in [0.29, 0.717) is 17.9 Å². The normalized spacial score (nSPS) is 10.2. The Morgan fingerprint density at radius 3 is 2.29 bits per heavy atom. The zero-order chi connectivity index (χ0) is 16.8. The van der Waals surface area contributed by atoms with Crippen molar-refractivity contribution in [3.63, 3.8) is 0 Å². The third-order valence-electron chi connectivity index (χ3n) is 3.47. The average molecular weight is 382 g/mol. The second-order valence-electron chi connectivity index (χ2n) is 5.23. The number of benzene rings is 3. The summed E-state index contributed by atoms with van der Waals surface area (Å²) in [4.78, 5) is 12.5. The summed E-state index contributed by atoms with van der Waals surface area (Å²) in [5.74, 6) is 0.372. The van der Waals surface area contributed by atoms with Gasteiger partial charge in [-0.2, -0.15) is 0 Å². The van der Waals surface area contributed by atoms with Crippen LogP contribution in [0.3, 0.4) is 0 Å². The molecule has 0 unspecified atom stereocenters. The molecule has 1 amide bonds. The molecule has 0 aromatic heterocycles. The van der Waals surface area contributed by atoms with Gasteiger partial charge in [0.15, 0.2) is 0 Å². The largest absolute Gasteiger partial charge is 0.488 e. The maximum absolute atomic E-state index is 12.5. The Balaban J connectivity index is 1.73. The van der Waals surface area contributed by atoms with E-state index in [2.05, 4.69) is 21.2 Å². The summed E-state index contributed by atoms with van der Waals surface area (Å²) < 4.78 is 6.80. The number of hydrogen-bond acceptors (Lipinski definition) is 2. The van der Waals surface area contributed by atoms with Crippen LogP contribution in [0.4, 0.5) is 5.69 Å². The molecule has 3 aromatic rings. The first-order valence-electron chi connectivity index (χ1n) is 7.55. The number of anilines is 1. The Morgan fingerprint density at radius 1 is 0.875 bits per heavy atom. The van der Waals surface area contributed by atoms with E-state index >= 15 is 0 Å². The summed E-state index contributed by atoms with van der Waals surface area (Å²) >= 11 is 3.38. The summed E-state index contributed by atoms with van der Waals surface area (Å²) in [5.41, 5.74) is 2.30. The van der Waals surface area contributed by atoms with Crippen molar-refractivity contribution in [1.82, 2.24) is 0 Å². The molecule has 1 N–H and O–H groups in total. The Morgan fingerprint density at radius 2 is 1.54 bits per heavy atom. The van der Waals surface area contributed by atoms with Gasteiger partial charge in [0.25, 0.3) is 5.91 Å². The van der Waals surface area contributed by atoms with Crippen LogP contribution in [0, 0.1) is 0 Å². The molecular weight excluding hydrogens is 366 g/mol. The predicted molar refractivity (Wildman–Crippen MR) is 99.3 cm³/mol. The Kier molecular flexibility index (Phi) is 5.29. The summed E-state index contributed by atoms with van der Waals surface area (Å²) in [6.07, 6.45) is 0. The lowest BCUT2D eigenvalue weighted by Crippen LogP contribution is -2.13. The van der Waals surface area contributed by atoms with Gasteiger partial charge in [0.2, 0.25) is 0 Å². The summed E-state index contributed by atoms with van der Waals surface area (Å²) in [6, 6.07) is 24.6. The van der Waals surface area contributed by atoms with Gasteiger partial charge < -0.3 is 10.1 Å². The fourth-order valence-corrected chi connectivity index (χ4v) is 2.51. The van der Waals surface area contributed by atoms with Crippen molar-refractivity contribution >= 4 is 27.5 Å². The van der Waals surface area contributed by atoms with E-state index in [-0.39, 0.29) is 5.91 Å². The molecule has 0 saturated heterocycles. The fraction of sp³-hybridized carbons (Fsp3) is 0.0500. The van der Waals surface area contributed by atoms with E-state index in [1.807, 2.05) is 66.7 Å². The van der Waals surface area contributed by atoms with Crippen LogP contribution in [0.5, 0.6) is 5.75 Å². The number of hydrogen-bond donors (Lipinski definition) is 1. The zero-order valence-corrected chi connectivity index (χ0v) is 14.5. The first-order valence-corrected chi connectivity index (χ1v) is 8.34. The summed E-state index contributed by atoms with van der Waals surface area (Å²) in [6.45, 7) is 0.420.